The van der Waals surface area contributed by atoms with Gasteiger partial charge in [0.25, 0.3) is 0 Å². The van der Waals surface area contributed by atoms with Crippen molar-refractivity contribution in [2.75, 3.05) is 5.32 Å². The first kappa shape index (κ1) is 13.3. The van der Waals surface area contributed by atoms with Crippen LogP contribution in [0.3, 0.4) is 0 Å². The Kier molecular flexibility index (Phi) is 3.64. The molecule has 0 amide bonds. The summed E-state index contributed by atoms with van der Waals surface area (Å²) in [7, 11) is 0. The predicted molar refractivity (Wildman–Crippen MR) is 80.8 cm³/mol. The lowest BCUT2D eigenvalue weighted by molar-refractivity contribution is 0.384. The molecular formula is C16H16N4O. The smallest absolute Gasteiger partial charge is 0.246 e. The molecule has 2 heterocycles. The Bertz CT molecular complexity index is 734. The van der Waals surface area contributed by atoms with Crippen LogP contribution in [0.1, 0.15) is 17.0 Å². The number of pyridine rings is 1. The van der Waals surface area contributed by atoms with Gasteiger partial charge in [-0.25, -0.2) is 0 Å². The van der Waals surface area contributed by atoms with Gasteiger partial charge in [0.15, 0.2) is 0 Å². The maximum Gasteiger partial charge on any atom is 0.246 e. The number of aryl methyl sites for hydroxylation is 2. The zero-order valence-electron chi connectivity index (χ0n) is 12.0. The van der Waals surface area contributed by atoms with Gasteiger partial charge in [-0.2, -0.15) is 4.98 Å². The summed E-state index contributed by atoms with van der Waals surface area (Å²) in [6, 6.07) is 10.1. The molecule has 1 N–H and O–H groups in total. The molecule has 5 nitrogen and oxygen atoms in total. The molecule has 0 unspecified atom stereocenters. The van der Waals surface area contributed by atoms with E-state index in [0.29, 0.717) is 18.3 Å². The molecule has 0 saturated carbocycles. The van der Waals surface area contributed by atoms with Crippen LogP contribution in [0.5, 0.6) is 0 Å². The summed E-state index contributed by atoms with van der Waals surface area (Å²) in [6.45, 7) is 4.54. The number of rotatable bonds is 4. The Morgan fingerprint density at radius 3 is 2.67 bits per heavy atom. The molecule has 1 aromatic carbocycles. The van der Waals surface area contributed by atoms with Crippen LogP contribution < -0.4 is 5.32 Å². The van der Waals surface area contributed by atoms with E-state index >= 15 is 0 Å². The van der Waals surface area contributed by atoms with E-state index in [1.165, 1.54) is 5.56 Å². The first-order valence-corrected chi connectivity index (χ1v) is 6.76. The van der Waals surface area contributed by atoms with Gasteiger partial charge in [-0.1, -0.05) is 22.9 Å². The molecule has 3 aromatic rings. The first-order chi connectivity index (χ1) is 10.2. The van der Waals surface area contributed by atoms with Crippen molar-refractivity contribution < 1.29 is 4.52 Å². The highest BCUT2D eigenvalue weighted by Gasteiger charge is 2.10. The minimum absolute atomic E-state index is 0.500. The van der Waals surface area contributed by atoms with Crippen molar-refractivity contribution in [3.63, 3.8) is 0 Å². The normalized spacial score (nSPS) is 10.6. The summed E-state index contributed by atoms with van der Waals surface area (Å²) in [5, 5.41) is 7.28. The van der Waals surface area contributed by atoms with Crippen LogP contribution in [0, 0.1) is 13.8 Å². The van der Waals surface area contributed by atoms with Crippen LogP contribution in [0.2, 0.25) is 0 Å². The monoisotopic (exact) mass is 280 g/mol. The van der Waals surface area contributed by atoms with E-state index in [1.807, 2.05) is 25.1 Å². The second-order valence-electron chi connectivity index (χ2n) is 4.92. The lowest BCUT2D eigenvalue weighted by Gasteiger charge is -2.03. The fourth-order valence-corrected chi connectivity index (χ4v) is 2.01. The molecule has 3 rings (SSSR count). The molecular weight excluding hydrogens is 264 g/mol. The molecule has 0 atom stereocenters. The van der Waals surface area contributed by atoms with E-state index in [1.54, 1.807) is 12.4 Å². The van der Waals surface area contributed by atoms with Gasteiger partial charge in [-0.3, -0.25) is 4.98 Å². The van der Waals surface area contributed by atoms with Crippen molar-refractivity contribution >= 4 is 5.69 Å². The van der Waals surface area contributed by atoms with Crippen molar-refractivity contribution in [2.24, 2.45) is 0 Å². The van der Waals surface area contributed by atoms with Crippen molar-refractivity contribution in [1.82, 2.24) is 15.1 Å². The van der Waals surface area contributed by atoms with E-state index < -0.39 is 0 Å². The number of hydrogen-bond acceptors (Lipinski definition) is 5. The topological polar surface area (TPSA) is 63.8 Å². The third kappa shape index (κ3) is 3.08. The highest BCUT2D eigenvalue weighted by atomic mass is 16.5. The summed E-state index contributed by atoms with van der Waals surface area (Å²) < 4.78 is 5.28. The third-order valence-electron chi connectivity index (χ3n) is 3.22. The first-order valence-electron chi connectivity index (χ1n) is 6.76. The highest BCUT2D eigenvalue weighted by molar-refractivity contribution is 5.58. The maximum atomic E-state index is 5.28. The SMILES string of the molecule is Cc1ccc(NCc2nc(-c3ccncc3C)no2)cc1. The third-order valence-corrected chi connectivity index (χ3v) is 3.22. The van der Waals surface area contributed by atoms with Gasteiger partial charge in [0.2, 0.25) is 11.7 Å². The van der Waals surface area contributed by atoms with Crippen molar-refractivity contribution in [1.29, 1.82) is 0 Å². The average Bonchev–Trinajstić information content (AvgIpc) is 2.96. The molecule has 5 heteroatoms. The molecule has 0 fully saturated rings. The summed E-state index contributed by atoms with van der Waals surface area (Å²) in [5.74, 6) is 1.15. The van der Waals surface area contributed by atoms with Crippen molar-refractivity contribution in [3.8, 4) is 11.4 Å². The summed E-state index contributed by atoms with van der Waals surface area (Å²) in [4.78, 5) is 8.47. The predicted octanol–water partition coefficient (Wildman–Crippen LogP) is 3.36. The van der Waals surface area contributed by atoms with E-state index in [9.17, 15) is 0 Å². The van der Waals surface area contributed by atoms with Gasteiger partial charge in [0.05, 0.1) is 6.54 Å². The van der Waals surface area contributed by atoms with Crippen molar-refractivity contribution in [2.45, 2.75) is 20.4 Å². The fraction of sp³-hybridized carbons (Fsp3) is 0.188. The van der Waals surface area contributed by atoms with Gasteiger partial charge >= 0.3 is 0 Å². The van der Waals surface area contributed by atoms with Gasteiger partial charge in [-0.05, 0) is 37.6 Å². The number of nitrogens with zero attached hydrogens (tertiary/aromatic N) is 3. The number of nitrogens with one attached hydrogen (secondary N) is 1. The number of anilines is 1. The Hall–Kier alpha value is -2.69. The van der Waals surface area contributed by atoms with Crippen LogP contribution in [-0.4, -0.2) is 15.1 Å². The lowest BCUT2D eigenvalue weighted by Crippen LogP contribution is -1.99. The second kappa shape index (κ2) is 5.75. The Morgan fingerprint density at radius 1 is 1.10 bits per heavy atom. The molecule has 106 valence electrons. The zero-order chi connectivity index (χ0) is 14.7. The number of aromatic nitrogens is 3. The molecule has 0 saturated heterocycles. The Balaban J connectivity index is 1.71. The van der Waals surface area contributed by atoms with E-state index in [-0.39, 0.29) is 0 Å². The van der Waals surface area contributed by atoms with E-state index in [4.69, 9.17) is 4.52 Å². The molecule has 0 aliphatic rings. The average molecular weight is 280 g/mol. The summed E-state index contributed by atoms with van der Waals surface area (Å²) in [6.07, 6.45) is 3.51. The van der Waals surface area contributed by atoms with Gasteiger partial charge in [-0.15, -0.1) is 0 Å². The van der Waals surface area contributed by atoms with Crippen LogP contribution in [0.15, 0.2) is 47.2 Å². The highest BCUT2D eigenvalue weighted by Crippen LogP contribution is 2.19. The van der Waals surface area contributed by atoms with Gasteiger partial charge < -0.3 is 9.84 Å². The minimum atomic E-state index is 0.500. The molecule has 0 aliphatic carbocycles. The van der Waals surface area contributed by atoms with Crippen LogP contribution in [0.4, 0.5) is 5.69 Å². The largest absolute Gasteiger partial charge is 0.376 e. The molecule has 0 radical (unpaired) electrons. The lowest BCUT2D eigenvalue weighted by atomic mass is 10.1. The summed E-state index contributed by atoms with van der Waals surface area (Å²) >= 11 is 0. The van der Waals surface area contributed by atoms with Crippen LogP contribution >= 0.6 is 0 Å². The Labute approximate surface area is 123 Å². The van der Waals surface area contributed by atoms with Crippen molar-refractivity contribution in [3.05, 3.63) is 59.7 Å². The molecule has 0 aliphatic heterocycles. The quantitative estimate of drug-likeness (QED) is 0.794. The standard InChI is InChI=1S/C16H16N4O/c1-11-3-5-13(6-4-11)18-10-15-19-16(20-21-15)14-7-8-17-9-12(14)2/h3-9,18H,10H2,1-2H3. The summed E-state index contributed by atoms with van der Waals surface area (Å²) in [5.41, 5.74) is 4.22. The number of hydrogen-bond donors (Lipinski definition) is 1. The van der Waals surface area contributed by atoms with Crippen LogP contribution in [0.25, 0.3) is 11.4 Å². The Morgan fingerprint density at radius 2 is 1.90 bits per heavy atom. The van der Waals surface area contributed by atoms with E-state index in [0.717, 1.165) is 16.8 Å². The second-order valence-corrected chi connectivity index (χ2v) is 4.92. The number of benzene rings is 1. The molecule has 21 heavy (non-hydrogen) atoms. The maximum absolute atomic E-state index is 5.28. The fourth-order valence-electron chi connectivity index (χ4n) is 2.01. The van der Waals surface area contributed by atoms with E-state index in [2.05, 4.69) is 39.5 Å². The molecule has 0 bridgehead atoms. The molecule has 0 spiro atoms. The van der Waals surface area contributed by atoms with Gasteiger partial charge in [0, 0.05) is 23.6 Å². The minimum Gasteiger partial charge on any atom is -0.376 e. The zero-order valence-corrected chi connectivity index (χ0v) is 12.0. The van der Waals surface area contributed by atoms with Gasteiger partial charge in [0.1, 0.15) is 0 Å². The molecule has 2 aromatic heterocycles. The van der Waals surface area contributed by atoms with Crippen LogP contribution in [-0.2, 0) is 6.54 Å².